The van der Waals surface area contributed by atoms with Crippen molar-refractivity contribution < 1.29 is 22.7 Å². The Bertz CT molecular complexity index is 965. The summed E-state index contributed by atoms with van der Waals surface area (Å²) in [5.41, 5.74) is 4.66. The van der Waals surface area contributed by atoms with Crippen LogP contribution in [0.4, 0.5) is 0 Å². The molecule has 0 atom stereocenters. The Morgan fingerprint density at radius 1 is 1.04 bits per heavy atom. The van der Waals surface area contributed by atoms with Crippen LogP contribution in [-0.2, 0) is 14.8 Å². The van der Waals surface area contributed by atoms with Gasteiger partial charge >= 0.3 is 0 Å². The van der Waals surface area contributed by atoms with E-state index in [1.165, 1.54) is 24.3 Å². The molecule has 0 aliphatic rings. The molecule has 2 rings (SSSR count). The zero-order valence-corrected chi connectivity index (χ0v) is 16.8. The fraction of sp³-hybridized carbons (Fsp3) is 0.176. The average Bonchev–Trinajstić information content (AvgIpc) is 2.64. The number of halogens is 2. The number of carbonyl (C=O) groups is 2. The van der Waals surface area contributed by atoms with Crippen LogP contribution in [0.2, 0.25) is 10.0 Å². The third kappa shape index (κ3) is 6.68. The van der Waals surface area contributed by atoms with Crippen molar-refractivity contribution in [3.05, 3.63) is 58.1 Å². The molecule has 0 aliphatic heterocycles. The van der Waals surface area contributed by atoms with E-state index in [1.54, 1.807) is 18.2 Å². The van der Waals surface area contributed by atoms with Crippen LogP contribution in [-0.4, -0.2) is 26.8 Å². The van der Waals surface area contributed by atoms with E-state index >= 15 is 0 Å². The lowest BCUT2D eigenvalue weighted by Gasteiger charge is -2.09. The van der Waals surface area contributed by atoms with Crippen molar-refractivity contribution >= 4 is 45.0 Å². The van der Waals surface area contributed by atoms with Crippen LogP contribution in [0.15, 0.2) is 47.4 Å². The summed E-state index contributed by atoms with van der Waals surface area (Å²) in [6.45, 7) is 0.248. The Labute approximate surface area is 172 Å². The molecule has 28 heavy (non-hydrogen) atoms. The molecule has 0 radical (unpaired) electrons. The summed E-state index contributed by atoms with van der Waals surface area (Å²) in [4.78, 5) is 23.6. The maximum absolute atomic E-state index is 11.9. The summed E-state index contributed by atoms with van der Waals surface area (Å²) in [7, 11) is -3.84. The first-order chi connectivity index (χ1) is 13.2. The molecule has 0 bridgehead atoms. The quantitative estimate of drug-likeness (QED) is 0.444. The van der Waals surface area contributed by atoms with Gasteiger partial charge in [-0.3, -0.25) is 20.4 Å². The third-order valence-electron chi connectivity index (χ3n) is 3.46. The van der Waals surface area contributed by atoms with Crippen LogP contribution in [0.1, 0.15) is 23.2 Å². The molecule has 0 saturated carbocycles. The first-order valence-electron chi connectivity index (χ1n) is 7.97. The molecule has 0 aromatic heterocycles. The van der Waals surface area contributed by atoms with Crippen molar-refractivity contribution in [2.45, 2.75) is 17.7 Å². The van der Waals surface area contributed by atoms with Crippen molar-refractivity contribution in [3.8, 4) is 5.75 Å². The van der Waals surface area contributed by atoms with Crippen LogP contribution in [0.25, 0.3) is 0 Å². The highest BCUT2D eigenvalue weighted by Crippen LogP contribution is 2.27. The second-order valence-electron chi connectivity index (χ2n) is 5.60. The Morgan fingerprint density at radius 3 is 2.32 bits per heavy atom. The zero-order valence-electron chi connectivity index (χ0n) is 14.4. The number of rotatable bonds is 7. The summed E-state index contributed by atoms with van der Waals surface area (Å²) in [5.74, 6) is -0.554. The topological polar surface area (TPSA) is 128 Å². The van der Waals surface area contributed by atoms with E-state index in [0.717, 1.165) is 0 Å². The van der Waals surface area contributed by atoms with E-state index in [1.807, 2.05) is 0 Å². The number of carbonyl (C=O) groups excluding carboxylic acids is 2. The van der Waals surface area contributed by atoms with E-state index in [4.69, 9.17) is 33.1 Å². The summed E-state index contributed by atoms with van der Waals surface area (Å²) >= 11 is 11.8. The highest BCUT2D eigenvalue weighted by Gasteiger charge is 2.11. The lowest BCUT2D eigenvalue weighted by Crippen LogP contribution is -2.41. The van der Waals surface area contributed by atoms with Gasteiger partial charge in [0.05, 0.1) is 16.5 Å². The summed E-state index contributed by atoms with van der Waals surface area (Å²) in [6, 6.07) is 9.79. The van der Waals surface area contributed by atoms with Crippen LogP contribution < -0.4 is 20.7 Å². The Hall–Kier alpha value is -2.33. The van der Waals surface area contributed by atoms with Gasteiger partial charge in [-0.15, -0.1) is 0 Å². The fourth-order valence-corrected chi connectivity index (χ4v) is 3.04. The highest BCUT2D eigenvalue weighted by atomic mass is 35.5. The molecule has 2 aromatic rings. The summed E-state index contributed by atoms with van der Waals surface area (Å²) in [6.07, 6.45) is 0.500. The van der Waals surface area contributed by atoms with Gasteiger partial charge in [0.15, 0.2) is 0 Å². The van der Waals surface area contributed by atoms with Gasteiger partial charge in [0.25, 0.3) is 5.91 Å². The normalized spacial score (nSPS) is 11.0. The molecular weight excluding hydrogens is 429 g/mol. The number of hydrogen-bond donors (Lipinski definition) is 3. The molecule has 0 unspecified atom stereocenters. The van der Waals surface area contributed by atoms with E-state index in [9.17, 15) is 18.0 Å². The molecule has 0 saturated heterocycles. The van der Waals surface area contributed by atoms with Gasteiger partial charge in [-0.1, -0.05) is 23.2 Å². The number of amides is 2. The van der Waals surface area contributed by atoms with Crippen molar-refractivity contribution in [3.63, 3.8) is 0 Å². The number of nitrogens with one attached hydrogen (secondary N) is 2. The molecule has 11 heteroatoms. The average molecular weight is 446 g/mol. The van der Waals surface area contributed by atoms with Crippen LogP contribution in [0, 0.1) is 0 Å². The maximum Gasteiger partial charge on any atom is 0.269 e. The smallest absolute Gasteiger partial charge is 0.269 e. The van der Waals surface area contributed by atoms with Crippen molar-refractivity contribution in [2.24, 2.45) is 5.14 Å². The van der Waals surface area contributed by atoms with Crippen LogP contribution in [0.5, 0.6) is 5.75 Å². The Kier molecular flexibility index (Phi) is 7.64. The lowest BCUT2D eigenvalue weighted by molar-refractivity contribution is -0.122. The number of nitrogens with two attached hydrogens (primary N) is 1. The molecule has 0 heterocycles. The molecule has 2 aromatic carbocycles. The molecule has 0 aliphatic carbocycles. The van der Waals surface area contributed by atoms with E-state index in [2.05, 4.69) is 10.9 Å². The van der Waals surface area contributed by atoms with Gasteiger partial charge in [0.1, 0.15) is 5.75 Å². The van der Waals surface area contributed by atoms with Gasteiger partial charge < -0.3 is 4.74 Å². The van der Waals surface area contributed by atoms with Gasteiger partial charge in [-0.2, -0.15) is 0 Å². The van der Waals surface area contributed by atoms with Gasteiger partial charge in [0, 0.05) is 17.0 Å². The van der Waals surface area contributed by atoms with Crippen molar-refractivity contribution in [2.75, 3.05) is 6.61 Å². The number of benzene rings is 2. The fourth-order valence-electron chi connectivity index (χ4n) is 2.06. The maximum atomic E-state index is 11.9. The largest absolute Gasteiger partial charge is 0.492 e. The number of sulfonamides is 1. The molecule has 4 N–H and O–H groups in total. The summed E-state index contributed by atoms with van der Waals surface area (Å²) in [5, 5.41) is 5.85. The van der Waals surface area contributed by atoms with Crippen molar-refractivity contribution in [1.82, 2.24) is 10.9 Å². The molecular formula is C17H17Cl2N3O5S. The highest BCUT2D eigenvalue weighted by molar-refractivity contribution is 7.89. The minimum Gasteiger partial charge on any atom is -0.492 e. The van der Waals surface area contributed by atoms with E-state index < -0.39 is 21.8 Å². The first kappa shape index (κ1) is 22.0. The Balaban J connectivity index is 1.72. The number of hydrazine groups is 1. The van der Waals surface area contributed by atoms with Gasteiger partial charge in [0.2, 0.25) is 15.9 Å². The number of ether oxygens (including phenoxy) is 1. The second-order valence-corrected chi connectivity index (χ2v) is 8.00. The lowest BCUT2D eigenvalue weighted by atomic mass is 10.2. The number of primary sulfonamides is 1. The second kappa shape index (κ2) is 9.74. The predicted octanol–water partition coefficient (Wildman–Crippen LogP) is 2.26. The van der Waals surface area contributed by atoms with Crippen LogP contribution >= 0.6 is 23.2 Å². The van der Waals surface area contributed by atoms with Crippen LogP contribution in [0.3, 0.4) is 0 Å². The standard InChI is InChI=1S/C17H17Cl2N3O5S/c18-12-5-8-15(14(19)10-12)27-9-1-2-16(23)21-22-17(24)11-3-6-13(7-4-11)28(20,25)26/h3-8,10H,1-2,9H2,(H,21,23)(H,22,24)(H2,20,25,26). The zero-order chi connectivity index (χ0) is 20.7. The van der Waals surface area contributed by atoms with Crippen molar-refractivity contribution in [1.29, 1.82) is 0 Å². The predicted molar refractivity (Wildman–Crippen MR) is 105 cm³/mol. The van der Waals surface area contributed by atoms with Gasteiger partial charge in [-0.05, 0) is 48.9 Å². The van der Waals surface area contributed by atoms with E-state index in [0.29, 0.717) is 22.2 Å². The molecule has 0 spiro atoms. The monoisotopic (exact) mass is 445 g/mol. The first-order valence-corrected chi connectivity index (χ1v) is 10.3. The molecule has 0 fully saturated rings. The minimum atomic E-state index is -3.84. The number of hydrogen-bond acceptors (Lipinski definition) is 5. The molecule has 8 nitrogen and oxygen atoms in total. The minimum absolute atomic E-state index is 0.107. The SMILES string of the molecule is NS(=O)(=O)c1ccc(C(=O)NNC(=O)CCCOc2ccc(Cl)cc2Cl)cc1. The summed E-state index contributed by atoms with van der Waals surface area (Å²) < 4.78 is 27.8. The molecule has 150 valence electrons. The van der Waals surface area contributed by atoms with E-state index in [-0.39, 0.29) is 23.5 Å². The van der Waals surface area contributed by atoms with Gasteiger partial charge in [-0.25, -0.2) is 13.6 Å². The Morgan fingerprint density at radius 2 is 1.71 bits per heavy atom. The third-order valence-corrected chi connectivity index (χ3v) is 4.92. The molecule has 2 amide bonds.